The highest BCUT2D eigenvalue weighted by Crippen LogP contribution is 2.36. The number of hydrogen-bond acceptors (Lipinski definition) is 6. The molecule has 9 nitrogen and oxygen atoms in total. The second-order valence-corrected chi connectivity index (χ2v) is 9.77. The maximum Gasteiger partial charge on any atom is 0.319 e. The molecule has 0 saturated carbocycles. The van der Waals surface area contributed by atoms with Gasteiger partial charge in [-0.25, -0.2) is 13.2 Å². The van der Waals surface area contributed by atoms with Gasteiger partial charge in [-0.3, -0.25) is 4.79 Å². The van der Waals surface area contributed by atoms with Crippen molar-refractivity contribution in [2.24, 2.45) is 0 Å². The summed E-state index contributed by atoms with van der Waals surface area (Å²) in [6.45, 7) is 0.418. The fourth-order valence-electron chi connectivity index (χ4n) is 4.01. The van der Waals surface area contributed by atoms with Crippen LogP contribution < -0.4 is 20.3 Å². The molecule has 0 aliphatic carbocycles. The normalized spacial score (nSPS) is 28.5. The van der Waals surface area contributed by atoms with Crippen molar-refractivity contribution in [3.05, 3.63) is 18.2 Å². The van der Waals surface area contributed by atoms with E-state index in [-0.39, 0.29) is 36.1 Å². The number of ether oxygens (including phenoxy) is 2. The van der Waals surface area contributed by atoms with Crippen LogP contribution in [0.3, 0.4) is 0 Å². The van der Waals surface area contributed by atoms with Crippen LogP contribution in [-0.4, -0.2) is 63.8 Å². The predicted molar refractivity (Wildman–Crippen MR) is 102 cm³/mol. The first-order valence-electron chi connectivity index (χ1n) is 9.21. The molecule has 1 spiro atoms. The van der Waals surface area contributed by atoms with E-state index >= 15 is 0 Å². The molecule has 0 bridgehead atoms. The molecule has 2 unspecified atom stereocenters. The van der Waals surface area contributed by atoms with Crippen LogP contribution in [0.1, 0.15) is 19.3 Å². The number of nitrogens with zero attached hydrogens (tertiary/aromatic N) is 1. The van der Waals surface area contributed by atoms with E-state index in [0.717, 1.165) is 0 Å². The van der Waals surface area contributed by atoms with Crippen molar-refractivity contribution in [2.75, 3.05) is 42.0 Å². The van der Waals surface area contributed by atoms with Crippen molar-refractivity contribution < 1.29 is 27.5 Å². The molecule has 2 fully saturated rings. The Balaban J connectivity index is 1.39. The lowest BCUT2D eigenvalue weighted by molar-refractivity contribution is -0.120. The second-order valence-electron chi connectivity index (χ2n) is 7.59. The molecule has 3 aliphatic heterocycles. The Labute approximate surface area is 163 Å². The van der Waals surface area contributed by atoms with Crippen molar-refractivity contribution in [2.45, 2.75) is 30.9 Å². The van der Waals surface area contributed by atoms with E-state index in [0.29, 0.717) is 43.0 Å². The van der Waals surface area contributed by atoms with Gasteiger partial charge in [-0.05, 0) is 37.5 Å². The summed E-state index contributed by atoms with van der Waals surface area (Å²) in [5.74, 6) is 0.579. The third kappa shape index (κ3) is 3.79. The van der Waals surface area contributed by atoms with Crippen molar-refractivity contribution >= 4 is 33.2 Å². The Morgan fingerprint density at radius 2 is 2.18 bits per heavy atom. The molecule has 3 aliphatic rings. The first kappa shape index (κ1) is 19.0. The minimum absolute atomic E-state index is 0.00200. The van der Waals surface area contributed by atoms with Gasteiger partial charge in [0.25, 0.3) is 5.91 Å². The first-order valence-corrected chi connectivity index (χ1v) is 11.0. The van der Waals surface area contributed by atoms with Crippen LogP contribution in [0.5, 0.6) is 5.75 Å². The Kier molecular flexibility index (Phi) is 4.70. The van der Waals surface area contributed by atoms with Gasteiger partial charge in [0.1, 0.15) is 5.75 Å². The van der Waals surface area contributed by atoms with Gasteiger partial charge in [0.05, 0.1) is 22.8 Å². The van der Waals surface area contributed by atoms with E-state index in [9.17, 15) is 18.0 Å². The number of likely N-dealkylation sites (N-methyl/N-ethyl adjacent to an activating group) is 1. The van der Waals surface area contributed by atoms with Crippen LogP contribution in [0.15, 0.2) is 18.2 Å². The van der Waals surface area contributed by atoms with Gasteiger partial charge in [-0.15, -0.1) is 0 Å². The second kappa shape index (κ2) is 6.93. The zero-order valence-corrected chi connectivity index (χ0v) is 16.4. The number of carbonyl (C=O) groups is 2. The number of amides is 3. The number of sulfone groups is 1. The fourth-order valence-corrected chi connectivity index (χ4v) is 5.99. The minimum atomic E-state index is -3.07. The lowest BCUT2D eigenvalue weighted by Gasteiger charge is -2.37. The summed E-state index contributed by atoms with van der Waals surface area (Å²) in [7, 11) is -1.41. The summed E-state index contributed by atoms with van der Waals surface area (Å²) in [5, 5.41) is 5.68. The van der Waals surface area contributed by atoms with Crippen LogP contribution in [0.25, 0.3) is 0 Å². The van der Waals surface area contributed by atoms with E-state index in [2.05, 4.69) is 10.6 Å². The number of urea groups is 1. The number of anilines is 2. The zero-order valence-electron chi connectivity index (χ0n) is 15.6. The average molecular weight is 409 g/mol. The Bertz CT molecular complexity index is 918. The third-order valence-electron chi connectivity index (χ3n) is 5.48. The summed E-state index contributed by atoms with van der Waals surface area (Å²) in [4.78, 5) is 25.7. The molecule has 2 saturated heterocycles. The monoisotopic (exact) mass is 409 g/mol. The van der Waals surface area contributed by atoms with E-state index in [1.807, 2.05) is 0 Å². The molecule has 4 rings (SSSR count). The first-order chi connectivity index (χ1) is 13.3. The summed E-state index contributed by atoms with van der Waals surface area (Å²) in [6.07, 6.45) is 1.58. The number of carbonyl (C=O) groups excluding carboxylic acids is 2. The van der Waals surface area contributed by atoms with E-state index in [1.54, 1.807) is 25.2 Å². The molecule has 3 amide bonds. The highest BCUT2D eigenvalue weighted by atomic mass is 32.2. The van der Waals surface area contributed by atoms with Crippen molar-refractivity contribution in [1.82, 2.24) is 5.32 Å². The Morgan fingerprint density at radius 3 is 2.93 bits per heavy atom. The van der Waals surface area contributed by atoms with Crippen LogP contribution in [-0.2, 0) is 19.4 Å². The molecule has 1 aromatic carbocycles. The highest BCUT2D eigenvalue weighted by molar-refractivity contribution is 7.91. The zero-order chi connectivity index (χ0) is 19.9. The van der Waals surface area contributed by atoms with Crippen molar-refractivity contribution in [3.63, 3.8) is 0 Å². The number of nitrogens with one attached hydrogen (secondary N) is 2. The van der Waals surface area contributed by atoms with Crippen LogP contribution in [0.4, 0.5) is 16.2 Å². The largest absolute Gasteiger partial charge is 0.482 e. The third-order valence-corrected chi connectivity index (χ3v) is 7.28. The molecule has 2 atom stereocenters. The SMILES string of the molecule is CN1C(=O)COc2ccc(NC(=O)NC3CCOC4(CCS(=O)(=O)C4)C3)cc21. The summed E-state index contributed by atoms with van der Waals surface area (Å²) in [5.41, 5.74) is 0.447. The van der Waals surface area contributed by atoms with Gasteiger partial charge in [-0.1, -0.05) is 0 Å². The van der Waals surface area contributed by atoms with Gasteiger partial charge in [0.2, 0.25) is 0 Å². The molecule has 152 valence electrons. The van der Waals surface area contributed by atoms with E-state index < -0.39 is 15.4 Å². The maximum absolute atomic E-state index is 12.4. The van der Waals surface area contributed by atoms with Gasteiger partial charge in [-0.2, -0.15) is 0 Å². The number of fused-ring (bicyclic) bond motifs is 1. The lowest BCUT2D eigenvalue weighted by Crippen LogP contribution is -2.50. The number of benzene rings is 1. The minimum Gasteiger partial charge on any atom is -0.482 e. The van der Waals surface area contributed by atoms with Crippen LogP contribution in [0.2, 0.25) is 0 Å². The molecule has 3 heterocycles. The summed E-state index contributed by atoms with van der Waals surface area (Å²) in [6, 6.07) is 4.56. The molecular weight excluding hydrogens is 386 g/mol. The summed E-state index contributed by atoms with van der Waals surface area (Å²) >= 11 is 0. The van der Waals surface area contributed by atoms with Crippen LogP contribution in [0, 0.1) is 0 Å². The van der Waals surface area contributed by atoms with Gasteiger partial charge < -0.3 is 25.0 Å². The predicted octanol–water partition coefficient (Wildman–Crippen LogP) is 0.900. The smallest absolute Gasteiger partial charge is 0.319 e. The highest BCUT2D eigenvalue weighted by Gasteiger charge is 2.46. The van der Waals surface area contributed by atoms with Crippen molar-refractivity contribution in [3.8, 4) is 5.75 Å². The van der Waals surface area contributed by atoms with E-state index in [1.165, 1.54) is 4.90 Å². The molecule has 1 aromatic rings. The Hall–Kier alpha value is -2.33. The summed E-state index contributed by atoms with van der Waals surface area (Å²) < 4.78 is 34.8. The maximum atomic E-state index is 12.4. The van der Waals surface area contributed by atoms with Crippen molar-refractivity contribution in [1.29, 1.82) is 0 Å². The van der Waals surface area contributed by atoms with Gasteiger partial charge in [0.15, 0.2) is 16.4 Å². The topological polar surface area (TPSA) is 114 Å². The average Bonchev–Trinajstić information content (AvgIpc) is 2.92. The Morgan fingerprint density at radius 1 is 1.36 bits per heavy atom. The molecule has 0 radical (unpaired) electrons. The van der Waals surface area contributed by atoms with Gasteiger partial charge >= 0.3 is 6.03 Å². The lowest BCUT2D eigenvalue weighted by atomic mass is 9.90. The van der Waals surface area contributed by atoms with Gasteiger partial charge in [0, 0.05) is 25.4 Å². The fraction of sp³-hybridized carbons (Fsp3) is 0.556. The van der Waals surface area contributed by atoms with E-state index in [4.69, 9.17) is 9.47 Å². The van der Waals surface area contributed by atoms with Crippen LogP contribution >= 0.6 is 0 Å². The molecule has 0 aromatic heterocycles. The molecule has 2 N–H and O–H groups in total. The standard InChI is InChI=1S/C18H23N3O6S/c1-21-14-8-12(2-3-15(14)26-10-16(21)22)19-17(23)20-13-4-6-27-18(9-13)5-7-28(24,25)11-18/h2-3,8,13H,4-7,9-11H2,1H3,(H2,19,20,23). The molecular formula is C18H23N3O6S. The molecule has 10 heteroatoms. The number of rotatable bonds is 2. The number of hydrogen-bond donors (Lipinski definition) is 2. The quantitative estimate of drug-likeness (QED) is 0.750. The molecule has 28 heavy (non-hydrogen) atoms.